The minimum absolute atomic E-state index is 0.00410. The summed E-state index contributed by atoms with van der Waals surface area (Å²) in [6, 6.07) is 15.3. The van der Waals surface area contributed by atoms with Gasteiger partial charge in [0.25, 0.3) is 0 Å². The lowest BCUT2D eigenvalue weighted by molar-refractivity contribution is -0.122. The zero-order chi connectivity index (χ0) is 14.5. The molecule has 4 heteroatoms. The topological polar surface area (TPSA) is 55.1 Å². The van der Waals surface area contributed by atoms with E-state index in [4.69, 9.17) is 5.73 Å². The van der Waals surface area contributed by atoms with Crippen molar-refractivity contribution in [3.63, 3.8) is 0 Å². The van der Waals surface area contributed by atoms with Crippen LogP contribution in [-0.4, -0.2) is 5.91 Å². The highest BCUT2D eigenvalue weighted by molar-refractivity contribution is 9.10. The van der Waals surface area contributed by atoms with E-state index < -0.39 is 0 Å². The molecule has 104 valence electrons. The molecule has 0 radical (unpaired) electrons. The fourth-order valence-electron chi connectivity index (χ4n) is 1.97. The molecule has 3 nitrogen and oxygen atoms in total. The van der Waals surface area contributed by atoms with E-state index in [0.29, 0.717) is 12.2 Å². The maximum absolute atomic E-state index is 12.1. The molecule has 1 unspecified atom stereocenters. The van der Waals surface area contributed by atoms with E-state index >= 15 is 0 Å². The monoisotopic (exact) mass is 332 g/mol. The number of benzene rings is 2. The predicted molar refractivity (Wildman–Crippen MR) is 85.3 cm³/mol. The molecule has 0 spiro atoms. The molecule has 0 fully saturated rings. The van der Waals surface area contributed by atoms with Crippen molar-refractivity contribution < 1.29 is 4.79 Å². The van der Waals surface area contributed by atoms with Crippen LogP contribution in [0.4, 0.5) is 5.69 Å². The Balaban J connectivity index is 1.98. The van der Waals surface area contributed by atoms with Crippen molar-refractivity contribution in [2.24, 2.45) is 0 Å². The van der Waals surface area contributed by atoms with Crippen LogP contribution in [0.25, 0.3) is 0 Å². The molecule has 2 rings (SSSR count). The van der Waals surface area contributed by atoms with Gasteiger partial charge in [-0.15, -0.1) is 0 Å². The minimum atomic E-state index is -0.217. The summed E-state index contributed by atoms with van der Waals surface area (Å²) in [5.74, 6) is -0.221. The molecule has 0 saturated heterocycles. The first-order chi connectivity index (χ1) is 9.56. The summed E-state index contributed by atoms with van der Waals surface area (Å²) in [6.45, 7) is 2.40. The molecule has 0 bridgehead atoms. The summed E-state index contributed by atoms with van der Waals surface area (Å²) >= 11 is 3.42. The molecule has 0 aliphatic rings. The van der Waals surface area contributed by atoms with Crippen molar-refractivity contribution in [2.75, 3.05) is 5.73 Å². The number of carbonyl (C=O) groups is 1. The van der Waals surface area contributed by atoms with Crippen LogP contribution in [-0.2, 0) is 11.3 Å². The fourth-order valence-corrected chi connectivity index (χ4v) is 2.42. The minimum Gasteiger partial charge on any atom is -0.399 e. The Labute approximate surface area is 127 Å². The van der Waals surface area contributed by atoms with Crippen LogP contribution in [0.2, 0.25) is 0 Å². The average molecular weight is 333 g/mol. The second kappa shape index (κ2) is 6.57. The van der Waals surface area contributed by atoms with E-state index in [9.17, 15) is 4.79 Å². The Morgan fingerprint density at radius 2 is 2.00 bits per heavy atom. The van der Waals surface area contributed by atoms with E-state index in [0.717, 1.165) is 15.6 Å². The lowest BCUT2D eigenvalue weighted by Crippen LogP contribution is -2.27. The highest BCUT2D eigenvalue weighted by atomic mass is 79.9. The van der Waals surface area contributed by atoms with Gasteiger partial charge in [-0.05, 0) is 42.3 Å². The van der Waals surface area contributed by atoms with Gasteiger partial charge in [0.05, 0.1) is 5.92 Å². The standard InChI is InChI=1S/C16H17BrN2O/c1-11(13-5-3-7-15(18)9-13)16(20)19-10-12-4-2-6-14(17)8-12/h2-9,11H,10,18H2,1H3,(H,19,20). The number of amides is 1. The molecule has 0 aliphatic carbocycles. The number of nitrogens with one attached hydrogen (secondary N) is 1. The third kappa shape index (κ3) is 3.84. The van der Waals surface area contributed by atoms with Gasteiger partial charge in [0, 0.05) is 16.7 Å². The zero-order valence-electron chi connectivity index (χ0n) is 11.3. The normalized spacial score (nSPS) is 11.9. The van der Waals surface area contributed by atoms with Crippen molar-refractivity contribution in [3.05, 3.63) is 64.1 Å². The summed E-state index contributed by atoms with van der Waals surface area (Å²) in [5.41, 5.74) is 8.41. The van der Waals surface area contributed by atoms with Crippen LogP contribution in [0.3, 0.4) is 0 Å². The molecule has 1 amide bonds. The Bertz CT molecular complexity index is 613. The van der Waals surface area contributed by atoms with Crippen LogP contribution in [0.5, 0.6) is 0 Å². The van der Waals surface area contributed by atoms with Gasteiger partial charge in [0.2, 0.25) is 5.91 Å². The molecule has 0 aromatic heterocycles. The molecule has 0 aliphatic heterocycles. The third-order valence-electron chi connectivity index (χ3n) is 3.16. The molecule has 3 N–H and O–H groups in total. The number of nitrogens with two attached hydrogens (primary N) is 1. The van der Waals surface area contributed by atoms with Crippen molar-refractivity contribution in [1.29, 1.82) is 0 Å². The lowest BCUT2D eigenvalue weighted by atomic mass is 10.00. The third-order valence-corrected chi connectivity index (χ3v) is 3.65. The Morgan fingerprint density at radius 3 is 2.70 bits per heavy atom. The maximum Gasteiger partial charge on any atom is 0.227 e. The van der Waals surface area contributed by atoms with Crippen molar-refractivity contribution in [3.8, 4) is 0 Å². The lowest BCUT2D eigenvalue weighted by Gasteiger charge is -2.13. The number of anilines is 1. The van der Waals surface area contributed by atoms with Crippen LogP contribution in [0.1, 0.15) is 24.0 Å². The van der Waals surface area contributed by atoms with Gasteiger partial charge in [-0.25, -0.2) is 0 Å². The van der Waals surface area contributed by atoms with Crippen LogP contribution >= 0.6 is 15.9 Å². The molecule has 2 aromatic carbocycles. The summed E-state index contributed by atoms with van der Waals surface area (Å²) in [7, 11) is 0. The van der Waals surface area contributed by atoms with Crippen LogP contribution < -0.4 is 11.1 Å². The van der Waals surface area contributed by atoms with Crippen molar-refractivity contribution in [2.45, 2.75) is 19.4 Å². The largest absolute Gasteiger partial charge is 0.399 e. The molecule has 0 heterocycles. The highest BCUT2D eigenvalue weighted by Crippen LogP contribution is 2.18. The zero-order valence-corrected chi connectivity index (χ0v) is 12.9. The molecular weight excluding hydrogens is 316 g/mol. The van der Waals surface area contributed by atoms with E-state index in [-0.39, 0.29) is 11.8 Å². The Morgan fingerprint density at radius 1 is 1.25 bits per heavy atom. The van der Waals surface area contributed by atoms with E-state index in [1.807, 2.05) is 55.5 Å². The summed E-state index contributed by atoms with van der Waals surface area (Å²) < 4.78 is 1.01. The van der Waals surface area contributed by atoms with Gasteiger partial charge in [0.15, 0.2) is 0 Å². The van der Waals surface area contributed by atoms with Gasteiger partial charge in [-0.2, -0.15) is 0 Å². The number of rotatable bonds is 4. The number of hydrogen-bond acceptors (Lipinski definition) is 2. The van der Waals surface area contributed by atoms with Crippen molar-refractivity contribution >= 4 is 27.5 Å². The second-order valence-electron chi connectivity index (χ2n) is 4.74. The summed E-state index contributed by atoms with van der Waals surface area (Å²) in [6.07, 6.45) is 0. The van der Waals surface area contributed by atoms with E-state index in [1.165, 1.54) is 0 Å². The summed E-state index contributed by atoms with van der Waals surface area (Å²) in [5, 5.41) is 2.94. The fraction of sp³-hybridized carbons (Fsp3) is 0.188. The SMILES string of the molecule is CC(C(=O)NCc1cccc(Br)c1)c1cccc(N)c1. The number of nitrogen functional groups attached to an aromatic ring is 1. The number of halogens is 1. The molecular formula is C16H17BrN2O. The summed E-state index contributed by atoms with van der Waals surface area (Å²) in [4.78, 5) is 12.1. The highest BCUT2D eigenvalue weighted by Gasteiger charge is 2.14. The van der Waals surface area contributed by atoms with E-state index in [2.05, 4.69) is 21.2 Å². The van der Waals surface area contributed by atoms with E-state index in [1.54, 1.807) is 0 Å². The van der Waals surface area contributed by atoms with Gasteiger partial charge in [-0.3, -0.25) is 4.79 Å². The second-order valence-corrected chi connectivity index (χ2v) is 5.66. The van der Waals surface area contributed by atoms with Gasteiger partial charge in [0.1, 0.15) is 0 Å². The molecule has 2 aromatic rings. The van der Waals surface area contributed by atoms with Crippen molar-refractivity contribution in [1.82, 2.24) is 5.32 Å². The first-order valence-corrected chi connectivity index (χ1v) is 7.23. The first kappa shape index (κ1) is 14.6. The van der Waals surface area contributed by atoms with Gasteiger partial charge in [-0.1, -0.05) is 40.2 Å². The Kier molecular flexibility index (Phi) is 4.79. The maximum atomic E-state index is 12.1. The Hall–Kier alpha value is -1.81. The first-order valence-electron chi connectivity index (χ1n) is 6.44. The number of carbonyl (C=O) groups excluding carboxylic acids is 1. The number of hydrogen-bond donors (Lipinski definition) is 2. The van der Waals surface area contributed by atoms with Gasteiger partial charge < -0.3 is 11.1 Å². The van der Waals surface area contributed by atoms with Gasteiger partial charge >= 0.3 is 0 Å². The smallest absolute Gasteiger partial charge is 0.227 e. The van der Waals surface area contributed by atoms with Crippen LogP contribution in [0, 0.1) is 0 Å². The van der Waals surface area contributed by atoms with Crippen LogP contribution in [0.15, 0.2) is 53.0 Å². The molecule has 0 saturated carbocycles. The predicted octanol–water partition coefficient (Wildman–Crippen LogP) is 3.45. The molecule has 1 atom stereocenters. The average Bonchev–Trinajstić information content (AvgIpc) is 2.44. The quantitative estimate of drug-likeness (QED) is 0.842. The molecule has 20 heavy (non-hydrogen) atoms.